The molecule has 0 aromatic heterocycles. The molecule has 0 aliphatic carbocycles. The summed E-state index contributed by atoms with van der Waals surface area (Å²) >= 11 is 6.00. The summed E-state index contributed by atoms with van der Waals surface area (Å²) in [6.07, 6.45) is 0.788. The van der Waals surface area contributed by atoms with Crippen molar-refractivity contribution in [2.24, 2.45) is 0 Å². The maximum absolute atomic E-state index is 6.00. The molecule has 3 nitrogen and oxygen atoms in total. The summed E-state index contributed by atoms with van der Waals surface area (Å²) in [5.74, 6) is 1.62. The monoisotopic (exact) mass is 305 g/mol. The average molecular weight is 306 g/mol. The first-order chi connectivity index (χ1) is 10.1. The summed E-state index contributed by atoms with van der Waals surface area (Å²) in [6, 6.07) is 11.3. The zero-order valence-corrected chi connectivity index (χ0v) is 13.1. The fraction of sp³-hybridized carbons (Fsp3) is 0.294. The van der Waals surface area contributed by atoms with Gasteiger partial charge in [-0.05, 0) is 49.2 Å². The fourth-order valence-electron chi connectivity index (χ4n) is 2.15. The van der Waals surface area contributed by atoms with Crippen LogP contribution in [0.25, 0.3) is 0 Å². The molecule has 2 aromatic carbocycles. The predicted molar refractivity (Wildman–Crippen MR) is 87.4 cm³/mol. The van der Waals surface area contributed by atoms with Crippen molar-refractivity contribution in [3.8, 4) is 11.5 Å². The van der Waals surface area contributed by atoms with Crippen LogP contribution in [-0.2, 0) is 0 Å². The van der Waals surface area contributed by atoms with Gasteiger partial charge in [-0.2, -0.15) is 0 Å². The molecule has 21 heavy (non-hydrogen) atoms. The highest BCUT2D eigenvalue weighted by Gasteiger charge is 2.05. The second-order valence-corrected chi connectivity index (χ2v) is 5.39. The molecule has 0 aliphatic heterocycles. The number of hydrogen-bond acceptors (Lipinski definition) is 3. The lowest BCUT2D eigenvalue weighted by atomic mass is 10.1. The number of ether oxygens (including phenoxy) is 2. The highest BCUT2D eigenvalue weighted by Crippen LogP contribution is 2.27. The first-order valence-corrected chi connectivity index (χ1v) is 7.32. The Hall–Kier alpha value is -1.87. The van der Waals surface area contributed by atoms with Gasteiger partial charge in [0.05, 0.1) is 18.9 Å². The van der Waals surface area contributed by atoms with Gasteiger partial charge in [0, 0.05) is 11.4 Å². The highest BCUT2D eigenvalue weighted by molar-refractivity contribution is 6.30. The molecule has 0 aliphatic rings. The Morgan fingerprint density at radius 3 is 2.29 bits per heavy atom. The Morgan fingerprint density at radius 1 is 1.00 bits per heavy atom. The van der Waals surface area contributed by atoms with Crippen LogP contribution in [0.15, 0.2) is 36.4 Å². The number of rotatable bonds is 6. The SMILES string of the molecule is Cc1cc(Cl)cc(C)c1OCCCOc1ccccc1N. The van der Waals surface area contributed by atoms with E-state index in [2.05, 4.69) is 0 Å². The predicted octanol–water partition coefficient (Wildman–Crippen LogP) is 4.39. The molecule has 2 rings (SSSR count). The van der Waals surface area contributed by atoms with Crippen molar-refractivity contribution < 1.29 is 9.47 Å². The molecule has 0 unspecified atom stereocenters. The molecule has 0 saturated carbocycles. The largest absolute Gasteiger partial charge is 0.493 e. The molecule has 2 aromatic rings. The molecule has 0 fully saturated rings. The molecular formula is C17H20ClNO2. The van der Waals surface area contributed by atoms with E-state index in [1.54, 1.807) is 0 Å². The Labute approximate surface area is 130 Å². The summed E-state index contributed by atoms with van der Waals surface area (Å²) in [6.45, 7) is 5.15. The maximum atomic E-state index is 6.00. The number of benzene rings is 2. The van der Waals surface area contributed by atoms with E-state index in [0.29, 0.717) is 18.9 Å². The van der Waals surface area contributed by atoms with Crippen molar-refractivity contribution >= 4 is 17.3 Å². The van der Waals surface area contributed by atoms with E-state index in [-0.39, 0.29) is 0 Å². The molecule has 0 saturated heterocycles. The summed E-state index contributed by atoms with van der Waals surface area (Å²) in [5, 5.41) is 0.736. The number of aryl methyl sites for hydroxylation is 2. The van der Waals surface area contributed by atoms with Crippen molar-refractivity contribution in [2.45, 2.75) is 20.3 Å². The Bertz CT molecular complexity index is 590. The van der Waals surface area contributed by atoms with E-state index in [9.17, 15) is 0 Å². The lowest BCUT2D eigenvalue weighted by molar-refractivity contribution is 0.246. The molecule has 112 valence electrons. The molecule has 0 heterocycles. The van der Waals surface area contributed by atoms with E-state index in [1.807, 2.05) is 50.2 Å². The highest BCUT2D eigenvalue weighted by atomic mass is 35.5. The van der Waals surface area contributed by atoms with Crippen LogP contribution in [0.3, 0.4) is 0 Å². The third kappa shape index (κ3) is 4.30. The minimum atomic E-state index is 0.569. The van der Waals surface area contributed by atoms with E-state index in [0.717, 1.165) is 34.1 Å². The minimum absolute atomic E-state index is 0.569. The summed E-state index contributed by atoms with van der Waals surface area (Å²) < 4.78 is 11.4. The fourth-order valence-corrected chi connectivity index (χ4v) is 2.48. The van der Waals surface area contributed by atoms with Gasteiger partial charge in [-0.3, -0.25) is 0 Å². The number of halogens is 1. The number of para-hydroxylation sites is 2. The Balaban J connectivity index is 1.79. The van der Waals surface area contributed by atoms with Crippen molar-refractivity contribution in [1.82, 2.24) is 0 Å². The van der Waals surface area contributed by atoms with Crippen molar-refractivity contribution in [2.75, 3.05) is 18.9 Å². The average Bonchev–Trinajstić information content (AvgIpc) is 2.42. The topological polar surface area (TPSA) is 44.5 Å². The van der Waals surface area contributed by atoms with E-state index < -0.39 is 0 Å². The van der Waals surface area contributed by atoms with Crippen molar-refractivity contribution in [1.29, 1.82) is 0 Å². The molecular weight excluding hydrogens is 286 g/mol. The first kappa shape index (κ1) is 15.5. The Morgan fingerprint density at radius 2 is 1.62 bits per heavy atom. The number of nitrogens with two attached hydrogens (primary N) is 1. The van der Waals surface area contributed by atoms with Crippen LogP contribution in [-0.4, -0.2) is 13.2 Å². The molecule has 4 heteroatoms. The van der Waals surface area contributed by atoms with Gasteiger partial charge in [-0.25, -0.2) is 0 Å². The molecule has 0 bridgehead atoms. The number of hydrogen-bond donors (Lipinski definition) is 1. The molecule has 0 atom stereocenters. The van der Waals surface area contributed by atoms with Crippen molar-refractivity contribution in [3.05, 3.63) is 52.5 Å². The second kappa shape index (κ2) is 7.23. The van der Waals surface area contributed by atoms with Crippen LogP contribution in [0.4, 0.5) is 5.69 Å². The van der Waals surface area contributed by atoms with Gasteiger partial charge in [0.15, 0.2) is 0 Å². The smallest absolute Gasteiger partial charge is 0.142 e. The van der Waals surface area contributed by atoms with Gasteiger partial charge in [0.2, 0.25) is 0 Å². The van der Waals surface area contributed by atoms with Crippen LogP contribution < -0.4 is 15.2 Å². The van der Waals surface area contributed by atoms with Crippen LogP contribution in [0, 0.1) is 13.8 Å². The maximum Gasteiger partial charge on any atom is 0.142 e. The van der Waals surface area contributed by atoms with Crippen LogP contribution >= 0.6 is 11.6 Å². The van der Waals surface area contributed by atoms with Gasteiger partial charge in [-0.15, -0.1) is 0 Å². The number of nitrogen functional groups attached to an aromatic ring is 1. The van der Waals surface area contributed by atoms with E-state index in [4.69, 9.17) is 26.8 Å². The summed E-state index contributed by atoms with van der Waals surface area (Å²) in [4.78, 5) is 0. The molecule has 0 spiro atoms. The van der Waals surface area contributed by atoms with Crippen LogP contribution in [0.2, 0.25) is 5.02 Å². The zero-order chi connectivity index (χ0) is 15.2. The van der Waals surface area contributed by atoms with Gasteiger partial charge in [0.1, 0.15) is 11.5 Å². The molecule has 2 N–H and O–H groups in total. The van der Waals surface area contributed by atoms with Gasteiger partial charge in [-0.1, -0.05) is 23.7 Å². The third-order valence-corrected chi connectivity index (χ3v) is 3.35. The zero-order valence-electron chi connectivity index (χ0n) is 12.4. The third-order valence-electron chi connectivity index (χ3n) is 3.14. The lowest BCUT2D eigenvalue weighted by Gasteiger charge is -2.13. The quantitative estimate of drug-likeness (QED) is 0.636. The standard InChI is InChI=1S/C17H20ClNO2/c1-12-10-14(18)11-13(2)17(12)21-9-5-8-20-16-7-4-3-6-15(16)19/h3-4,6-7,10-11H,5,8-9,19H2,1-2H3. The van der Waals surface area contributed by atoms with Crippen molar-refractivity contribution in [3.63, 3.8) is 0 Å². The van der Waals surface area contributed by atoms with Crippen LogP contribution in [0.5, 0.6) is 11.5 Å². The Kier molecular flexibility index (Phi) is 5.34. The van der Waals surface area contributed by atoms with Gasteiger partial charge >= 0.3 is 0 Å². The summed E-state index contributed by atoms with van der Waals surface area (Å²) in [5.41, 5.74) is 8.57. The molecule has 0 amide bonds. The lowest BCUT2D eigenvalue weighted by Crippen LogP contribution is -2.07. The van der Waals surface area contributed by atoms with E-state index in [1.165, 1.54) is 0 Å². The van der Waals surface area contributed by atoms with Gasteiger partial charge in [0.25, 0.3) is 0 Å². The van der Waals surface area contributed by atoms with E-state index >= 15 is 0 Å². The van der Waals surface area contributed by atoms with Crippen LogP contribution in [0.1, 0.15) is 17.5 Å². The first-order valence-electron chi connectivity index (χ1n) is 6.95. The van der Waals surface area contributed by atoms with Gasteiger partial charge < -0.3 is 15.2 Å². The molecule has 0 radical (unpaired) electrons. The second-order valence-electron chi connectivity index (χ2n) is 4.96. The number of anilines is 1. The normalized spacial score (nSPS) is 10.4. The summed E-state index contributed by atoms with van der Waals surface area (Å²) in [7, 11) is 0. The minimum Gasteiger partial charge on any atom is -0.493 e.